The van der Waals surface area contributed by atoms with Crippen LogP contribution in [-0.4, -0.2) is 29.8 Å². The van der Waals surface area contributed by atoms with Crippen molar-refractivity contribution in [3.05, 3.63) is 70.5 Å². The molecule has 1 fully saturated rings. The van der Waals surface area contributed by atoms with E-state index in [0.29, 0.717) is 13.2 Å². The molecule has 5 rings (SSSR count). The van der Waals surface area contributed by atoms with Crippen LogP contribution in [0.2, 0.25) is 0 Å². The molecule has 32 heavy (non-hydrogen) atoms. The van der Waals surface area contributed by atoms with Crippen LogP contribution in [-0.2, 0) is 22.6 Å². The quantitative estimate of drug-likeness (QED) is 0.294. The summed E-state index contributed by atoms with van der Waals surface area (Å²) in [5.74, 6) is 0.834. The van der Waals surface area contributed by atoms with Gasteiger partial charge in [0, 0.05) is 34.1 Å². The first-order valence-electron chi connectivity index (χ1n) is 10.8. The molecule has 0 bridgehead atoms. The van der Waals surface area contributed by atoms with Crippen LogP contribution in [0.1, 0.15) is 30.5 Å². The molecule has 2 aromatic carbocycles. The molecule has 166 valence electrons. The molecule has 1 unspecified atom stereocenters. The fraction of sp³-hybridized carbons (Fsp3) is 0.320. The molecular formula is C25H26BrN2O4+. The molecule has 4 aromatic rings. The number of fused-ring (bicyclic) bond motifs is 3. The predicted molar refractivity (Wildman–Crippen MR) is 125 cm³/mol. The summed E-state index contributed by atoms with van der Waals surface area (Å²) < 4.78 is 21.6. The van der Waals surface area contributed by atoms with Gasteiger partial charge in [0.05, 0.1) is 30.0 Å². The van der Waals surface area contributed by atoms with Crippen LogP contribution in [0.4, 0.5) is 0 Å². The van der Waals surface area contributed by atoms with E-state index in [1.165, 1.54) is 4.73 Å². The molecule has 0 aliphatic carbocycles. The Balaban J connectivity index is 1.59. The van der Waals surface area contributed by atoms with Crippen LogP contribution < -0.4 is 9.47 Å². The number of ether oxygens (including phenoxy) is 3. The van der Waals surface area contributed by atoms with E-state index >= 15 is 0 Å². The number of halogens is 1. The Morgan fingerprint density at radius 3 is 2.75 bits per heavy atom. The number of pyridine rings is 1. The van der Waals surface area contributed by atoms with Gasteiger partial charge in [0.2, 0.25) is 6.20 Å². The standard InChI is InChI=1S/C25H26BrN2O4/c1-30-21-8-5-17(6-9-21)14-27-20(16-32-24-4-2-3-11-31-24)12-18-15-28(29)23-13-19(26)7-10-22(23)25(18)27/h5-10,12-13,15,24,29H,2-4,11,14,16H2,1H3/q+1. The van der Waals surface area contributed by atoms with Crippen molar-refractivity contribution in [3.8, 4) is 5.75 Å². The van der Waals surface area contributed by atoms with Crippen LogP contribution in [0.25, 0.3) is 21.8 Å². The second-order valence-electron chi connectivity index (χ2n) is 8.12. The van der Waals surface area contributed by atoms with Gasteiger partial charge in [0.1, 0.15) is 5.75 Å². The van der Waals surface area contributed by atoms with E-state index in [1.807, 2.05) is 30.3 Å². The van der Waals surface area contributed by atoms with Gasteiger partial charge in [-0.1, -0.05) is 28.1 Å². The Morgan fingerprint density at radius 1 is 1.16 bits per heavy atom. The number of benzene rings is 2. The van der Waals surface area contributed by atoms with Crippen molar-refractivity contribution in [1.29, 1.82) is 0 Å². The van der Waals surface area contributed by atoms with E-state index in [2.05, 4.69) is 38.7 Å². The molecule has 0 amide bonds. The minimum Gasteiger partial charge on any atom is -0.497 e. The number of rotatable bonds is 6. The highest BCUT2D eigenvalue weighted by Crippen LogP contribution is 2.30. The normalized spacial score (nSPS) is 16.6. The lowest BCUT2D eigenvalue weighted by atomic mass is 10.1. The number of aromatic nitrogens is 2. The first kappa shape index (κ1) is 21.2. The summed E-state index contributed by atoms with van der Waals surface area (Å²) in [4.78, 5) is 0. The van der Waals surface area contributed by atoms with Crippen LogP contribution in [0, 0.1) is 0 Å². The number of methoxy groups -OCH3 is 1. The van der Waals surface area contributed by atoms with E-state index in [-0.39, 0.29) is 6.29 Å². The van der Waals surface area contributed by atoms with Crippen molar-refractivity contribution in [2.45, 2.75) is 38.7 Å². The topological polar surface area (TPSA) is 56.7 Å². The third-order valence-corrected chi connectivity index (χ3v) is 6.48. The van der Waals surface area contributed by atoms with Gasteiger partial charge in [-0.2, -0.15) is 0 Å². The Morgan fingerprint density at radius 2 is 2.00 bits per heavy atom. The van der Waals surface area contributed by atoms with Crippen molar-refractivity contribution in [2.75, 3.05) is 13.7 Å². The SMILES string of the molecule is COc1ccc(Cn2c(COC3CCCCO3)cc3c[n+](O)c4cc(Br)ccc4c32)cc1. The van der Waals surface area contributed by atoms with Crippen molar-refractivity contribution in [2.24, 2.45) is 0 Å². The zero-order valence-electron chi connectivity index (χ0n) is 18.0. The molecule has 1 aliphatic heterocycles. The Hall–Kier alpha value is -2.61. The van der Waals surface area contributed by atoms with Gasteiger partial charge < -0.3 is 18.8 Å². The summed E-state index contributed by atoms with van der Waals surface area (Å²) >= 11 is 3.51. The molecule has 0 spiro atoms. The smallest absolute Gasteiger partial charge is 0.267 e. The van der Waals surface area contributed by atoms with Crippen LogP contribution in [0.5, 0.6) is 5.75 Å². The maximum atomic E-state index is 10.6. The van der Waals surface area contributed by atoms with Crippen LogP contribution in [0.15, 0.2) is 59.2 Å². The van der Waals surface area contributed by atoms with Gasteiger partial charge in [-0.25, -0.2) is 0 Å². The minimum atomic E-state index is -0.160. The molecule has 1 N–H and O–H groups in total. The average molecular weight is 498 g/mol. The number of hydrogen-bond donors (Lipinski definition) is 1. The predicted octanol–water partition coefficient (Wildman–Crippen LogP) is 5.18. The number of nitrogens with zero attached hydrogens (tertiary/aromatic N) is 2. The highest BCUT2D eigenvalue weighted by molar-refractivity contribution is 9.10. The second-order valence-corrected chi connectivity index (χ2v) is 9.03. The highest BCUT2D eigenvalue weighted by Gasteiger charge is 2.21. The molecule has 2 aromatic heterocycles. The van der Waals surface area contributed by atoms with Gasteiger partial charge in [0.15, 0.2) is 6.29 Å². The summed E-state index contributed by atoms with van der Waals surface area (Å²) in [6.45, 7) is 1.88. The second kappa shape index (κ2) is 9.10. The van der Waals surface area contributed by atoms with Crippen molar-refractivity contribution in [3.63, 3.8) is 0 Å². The molecule has 1 atom stereocenters. The average Bonchev–Trinajstić information content (AvgIpc) is 3.16. The summed E-state index contributed by atoms with van der Waals surface area (Å²) in [6.07, 6.45) is 4.74. The molecule has 7 heteroatoms. The maximum Gasteiger partial charge on any atom is 0.267 e. The van der Waals surface area contributed by atoms with E-state index in [9.17, 15) is 5.21 Å². The third-order valence-electron chi connectivity index (χ3n) is 5.99. The van der Waals surface area contributed by atoms with Gasteiger partial charge in [0.25, 0.3) is 5.52 Å². The van der Waals surface area contributed by atoms with Crippen molar-refractivity contribution < 1.29 is 24.1 Å². The van der Waals surface area contributed by atoms with E-state index < -0.39 is 0 Å². The maximum absolute atomic E-state index is 10.6. The lowest BCUT2D eigenvalue weighted by molar-refractivity contribution is -0.883. The molecule has 3 heterocycles. The molecular weight excluding hydrogens is 472 g/mol. The lowest BCUT2D eigenvalue weighted by Gasteiger charge is -2.23. The molecule has 0 radical (unpaired) electrons. The fourth-order valence-corrected chi connectivity index (χ4v) is 4.70. The van der Waals surface area contributed by atoms with Gasteiger partial charge in [-0.3, -0.25) is 5.21 Å². The van der Waals surface area contributed by atoms with Crippen LogP contribution >= 0.6 is 15.9 Å². The lowest BCUT2D eigenvalue weighted by Crippen LogP contribution is -2.30. The first-order valence-corrected chi connectivity index (χ1v) is 11.6. The Bertz CT molecular complexity index is 1250. The summed E-state index contributed by atoms with van der Waals surface area (Å²) in [7, 11) is 1.67. The minimum absolute atomic E-state index is 0.160. The van der Waals surface area contributed by atoms with Crippen molar-refractivity contribution >= 4 is 37.7 Å². The zero-order chi connectivity index (χ0) is 22.1. The van der Waals surface area contributed by atoms with E-state index in [4.69, 9.17) is 14.2 Å². The van der Waals surface area contributed by atoms with Gasteiger partial charge in [-0.05, 0) is 55.2 Å². The number of hydrogen-bond acceptors (Lipinski definition) is 4. The summed E-state index contributed by atoms with van der Waals surface area (Å²) in [5, 5.41) is 12.5. The van der Waals surface area contributed by atoms with Gasteiger partial charge >= 0.3 is 0 Å². The molecule has 1 saturated heterocycles. The summed E-state index contributed by atoms with van der Waals surface area (Å²) in [6, 6.07) is 16.2. The summed E-state index contributed by atoms with van der Waals surface area (Å²) in [5.41, 5.74) is 4.01. The monoisotopic (exact) mass is 497 g/mol. The largest absolute Gasteiger partial charge is 0.497 e. The third kappa shape index (κ3) is 4.20. The Kier molecular flexibility index (Phi) is 6.04. The van der Waals surface area contributed by atoms with Gasteiger partial charge in [-0.15, -0.1) is 0 Å². The van der Waals surface area contributed by atoms with E-state index in [1.54, 1.807) is 13.3 Å². The molecule has 0 saturated carbocycles. The fourth-order valence-electron chi connectivity index (χ4n) is 4.36. The molecule has 6 nitrogen and oxygen atoms in total. The van der Waals surface area contributed by atoms with Crippen molar-refractivity contribution in [1.82, 2.24) is 4.57 Å². The van der Waals surface area contributed by atoms with Crippen LogP contribution in [0.3, 0.4) is 0 Å². The van der Waals surface area contributed by atoms with E-state index in [0.717, 1.165) is 69.2 Å². The zero-order valence-corrected chi connectivity index (χ0v) is 19.5. The molecule has 1 aliphatic rings. The highest BCUT2D eigenvalue weighted by atomic mass is 79.9. The Labute approximate surface area is 195 Å². The first-order chi connectivity index (χ1) is 15.6.